The van der Waals surface area contributed by atoms with Crippen LogP contribution in [-0.2, 0) is 14.4 Å². The molecule has 1 aliphatic heterocycles. The summed E-state index contributed by atoms with van der Waals surface area (Å²) in [5.74, 6) is -1.42. The molecule has 37 heavy (non-hydrogen) atoms. The number of nitrogens with one attached hydrogen (secondary N) is 2. The number of urea groups is 1. The Kier molecular flexibility index (Phi) is 7.40. The number of amides is 5. The van der Waals surface area contributed by atoms with E-state index in [4.69, 9.17) is 16.3 Å². The van der Waals surface area contributed by atoms with Crippen molar-refractivity contribution in [3.8, 4) is 5.75 Å². The van der Waals surface area contributed by atoms with E-state index in [1.165, 1.54) is 6.08 Å². The van der Waals surface area contributed by atoms with Crippen LogP contribution in [0.15, 0.2) is 66.2 Å². The Balaban J connectivity index is 1.46. The van der Waals surface area contributed by atoms with Crippen molar-refractivity contribution < 1.29 is 23.9 Å². The molecule has 0 radical (unpaired) electrons. The van der Waals surface area contributed by atoms with E-state index in [0.717, 1.165) is 21.7 Å². The van der Waals surface area contributed by atoms with Gasteiger partial charge in [-0.3, -0.25) is 19.7 Å². The lowest BCUT2D eigenvalue weighted by molar-refractivity contribution is -0.122. The fraction of sp³-hybridized carbons (Fsp3) is 0.143. The van der Waals surface area contributed by atoms with Gasteiger partial charge in [-0.2, -0.15) is 0 Å². The van der Waals surface area contributed by atoms with E-state index in [0.29, 0.717) is 21.9 Å². The van der Waals surface area contributed by atoms with Gasteiger partial charge in [0, 0.05) is 10.7 Å². The molecule has 3 aromatic rings. The number of carbonyl (C=O) groups is 4. The maximum atomic E-state index is 13.1. The Morgan fingerprint density at radius 3 is 2.41 bits per heavy atom. The van der Waals surface area contributed by atoms with Crippen molar-refractivity contribution in [1.29, 1.82) is 0 Å². The van der Waals surface area contributed by atoms with Gasteiger partial charge < -0.3 is 10.1 Å². The van der Waals surface area contributed by atoms with Gasteiger partial charge in [0.2, 0.25) is 0 Å². The van der Waals surface area contributed by atoms with E-state index >= 15 is 0 Å². The molecule has 0 atom stereocenters. The molecule has 0 bridgehead atoms. The van der Waals surface area contributed by atoms with Gasteiger partial charge in [-0.1, -0.05) is 41.9 Å². The van der Waals surface area contributed by atoms with E-state index in [1.807, 2.05) is 32.0 Å². The SMILES string of the molecule is Cc1cccc(NC(=O)COc2ccc(/C=C3/C(=O)NC(=O)N(c4cccc(Cl)c4C)C3=O)cc2)c1C. The highest BCUT2D eigenvalue weighted by molar-refractivity contribution is 6.39. The Morgan fingerprint density at radius 1 is 0.973 bits per heavy atom. The van der Waals surface area contributed by atoms with E-state index in [2.05, 4.69) is 10.6 Å². The highest BCUT2D eigenvalue weighted by Gasteiger charge is 2.37. The monoisotopic (exact) mass is 517 g/mol. The molecule has 9 heteroatoms. The minimum atomic E-state index is -0.847. The van der Waals surface area contributed by atoms with Crippen LogP contribution >= 0.6 is 11.6 Å². The summed E-state index contributed by atoms with van der Waals surface area (Å²) in [6.45, 7) is 5.39. The zero-order valence-corrected chi connectivity index (χ0v) is 21.2. The van der Waals surface area contributed by atoms with Gasteiger partial charge in [-0.05, 0) is 79.4 Å². The maximum absolute atomic E-state index is 13.1. The lowest BCUT2D eigenvalue weighted by Gasteiger charge is -2.27. The van der Waals surface area contributed by atoms with Gasteiger partial charge in [-0.15, -0.1) is 0 Å². The summed E-state index contributed by atoms with van der Waals surface area (Å²) in [6, 6.07) is 16.2. The second-order valence-electron chi connectivity index (χ2n) is 8.50. The number of halogens is 1. The molecule has 1 aliphatic rings. The van der Waals surface area contributed by atoms with Gasteiger partial charge in [0.15, 0.2) is 6.61 Å². The number of nitrogens with zero attached hydrogens (tertiary/aromatic N) is 1. The van der Waals surface area contributed by atoms with Gasteiger partial charge in [-0.25, -0.2) is 9.69 Å². The minimum absolute atomic E-state index is 0.190. The standard InChI is InChI=1S/C28H24ClN3O5/c1-16-6-4-8-23(17(16)2)30-25(33)15-37-20-12-10-19(11-13-20)14-21-26(34)31-28(36)32(27(21)35)24-9-5-7-22(29)18(24)3/h4-14H,15H2,1-3H3,(H,30,33)(H,31,34,36)/b21-14-. The molecule has 1 fully saturated rings. The molecule has 188 valence electrons. The summed E-state index contributed by atoms with van der Waals surface area (Å²) in [5, 5.41) is 5.41. The molecule has 1 heterocycles. The van der Waals surface area contributed by atoms with Crippen LogP contribution in [0.5, 0.6) is 5.75 Å². The molecule has 0 saturated carbocycles. The third kappa shape index (κ3) is 5.54. The number of barbiturate groups is 1. The Morgan fingerprint density at radius 2 is 1.68 bits per heavy atom. The smallest absolute Gasteiger partial charge is 0.335 e. The predicted molar refractivity (Wildman–Crippen MR) is 142 cm³/mol. The van der Waals surface area contributed by atoms with Crippen molar-refractivity contribution in [2.24, 2.45) is 0 Å². The van der Waals surface area contributed by atoms with Crippen molar-refractivity contribution in [2.75, 3.05) is 16.8 Å². The summed E-state index contributed by atoms with van der Waals surface area (Å²) < 4.78 is 5.57. The van der Waals surface area contributed by atoms with Gasteiger partial charge >= 0.3 is 6.03 Å². The minimum Gasteiger partial charge on any atom is -0.484 e. The molecular formula is C28H24ClN3O5. The summed E-state index contributed by atoms with van der Waals surface area (Å²) >= 11 is 6.15. The second-order valence-corrected chi connectivity index (χ2v) is 8.90. The summed E-state index contributed by atoms with van der Waals surface area (Å²) in [7, 11) is 0. The summed E-state index contributed by atoms with van der Waals surface area (Å²) in [6.07, 6.45) is 1.38. The number of anilines is 2. The molecule has 3 aromatic carbocycles. The third-order valence-corrected chi connectivity index (χ3v) is 6.43. The first-order chi connectivity index (χ1) is 17.7. The average molecular weight is 518 g/mol. The number of rotatable bonds is 6. The highest BCUT2D eigenvalue weighted by atomic mass is 35.5. The summed E-state index contributed by atoms with van der Waals surface area (Å²) in [5.41, 5.74) is 3.93. The van der Waals surface area contributed by atoms with Gasteiger partial charge in [0.05, 0.1) is 5.69 Å². The number of ether oxygens (including phenoxy) is 1. The molecule has 0 aliphatic carbocycles. The normalized spacial score (nSPS) is 14.5. The van der Waals surface area contributed by atoms with Crippen molar-refractivity contribution in [1.82, 2.24) is 5.32 Å². The topological polar surface area (TPSA) is 105 Å². The molecule has 2 N–H and O–H groups in total. The number of carbonyl (C=O) groups excluding carboxylic acids is 4. The first kappa shape index (κ1) is 25.7. The zero-order chi connectivity index (χ0) is 26.7. The Labute approximate surface area is 218 Å². The lowest BCUT2D eigenvalue weighted by atomic mass is 10.1. The summed E-state index contributed by atoms with van der Waals surface area (Å²) in [4.78, 5) is 51.2. The fourth-order valence-electron chi connectivity index (χ4n) is 3.76. The fourth-order valence-corrected chi connectivity index (χ4v) is 3.93. The van der Waals surface area contributed by atoms with Crippen LogP contribution in [0.3, 0.4) is 0 Å². The molecule has 0 aromatic heterocycles. The van der Waals surface area contributed by atoms with Crippen LogP contribution in [0.1, 0.15) is 22.3 Å². The van der Waals surface area contributed by atoms with Crippen LogP contribution in [0.25, 0.3) is 6.08 Å². The maximum Gasteiger partial charge on any atom is 0.335 e. The molecule has 1 saturated heterocycles. The Bertz CT molecular complexity index is 1450. The van der Waals surface area contributed by atoms with Crippen LogP contribution in [0, 0.1) is 20.8 Å². The van der Waals surface area contributed by atoms with Gasteiger partial charge in [0.25, 0.3) is 17.7 Å². The molecule has 0 unspecified atom stereocenters. The number of aryl methyl sites for hydroxylation is 1. The van der Waals surface area contributed by atoms with E-state index < -0.39 is 17.8 Å². The molecule has 0 spiro atoms. The molecule has 5 amide bonds. The number of hydrogen-bond donors (Lipinski definition) is 2. The van der Waals surface area contributed by atoms with Crippen LogP contribution in [-0.4, -0.2) is 30.4 Å². The predicted octanol–water partition coefficient (Wildman–Crippen LogP) is 4.95. The lowest BCUT2D eigenvalue weighted by Crippen LogP contribution is -2.54. The average Bonchev–Trinajstić information content (AvgIpc) is 2.86. The van der Waals surface area contributed by atoms with E-state index in [1.54, 1.807) is 49.4 Å². The third-order valence-electron chi connectivity index (χ3n) is 6.02. The first-order valence-electron chi connectivity index (χ1n) is 11.4. The number of benzene rings is 3. The van der Waals surface area contributed by atoms with E-state index in [-0.39, 0.29) is 23.8 Å². The zero-order valence-electron chi connectivity index (χ0n) is 20.4. The van der Waals surface area contributed by atoms with Gasteiger partial charge in [0.1, 0.15) is 11.3 Å². The van der Waals surface area contributed by atoms with Crippen LogP contribution < -0.4 is 20.3 Å². The van der Waals surface area contributed by atoms with Crippen LogP contribution in [0.4, 0.5) is 16.2 Å². The van der Waals surface area contributed by atoms with Crippen molar-refractivity contribution in [3.05, 3.63) is 93.5 Å². The Hall–Kier alpha value is -4.43. The van der Waals surface area contributed by atoms with Crippen molar-refractivity contribution >= 4 is 52.8 Å². The quantitative estimate of drug-likeness (QED) is 0.355. The molecule has 8 nitrogen and oxygen atoms in total. The van der Waals surface area contributed by atoms with Crippen molar-refractivity contribution in [2.45, 2.75) is 20.8 Å². The highest BCUT2D eigenvalue weighted by Crippen LogP contribution is 2.29. The first-order valence-corrected chi connectivity index (χ1v) is 11.8. The largest absolute Gasteiger partial charge is 0.484 e. The molecule has 4 rings (SSSR count). The number of imide groups is 2. The number of hydrogen-bond acceptors (Lipinski definition) is 5. The molecular weight excluding hydrogens is 494 g/mol. The van der Waals surface area contributed by atoms with E-state index in [9.17, 15) is 19.2 Å². The van der Waals surface area contributed by atoms with Crippen molar-refractivity contribution in [3.63, 3.8) is 0 Å². The second kappa shape index (κ2) is 10.7. The van der Waals surface area contributed by atoms with Crippen LogP contribution in [0.2, 0.25) is 5.02 Å².